The third-order valence-corrected chi connectivity index (χ3v) is 3.23. The van der Waals surface area contributed by atoms with Crippen LogP contribution in [0.1, 0.15) is 22.3 Å². The van der Waals surface area contributed by atoms with E-state index in [1.54, 1.807) is 19.2 Å². The quantitative estimate of drug-likeness (QED) is 0.618. The first-order valence-electron chi connectivity index (χ1n) is 5.55. The number of alkyl halides is 1. The van der Waals surface area contributed by atoms with Crippen LogP contribution in [0.2, 0.25) is 0 Å². The van der Waals surface area contributed by atoms with E-state index < -0.39 is 0 Å². The van der Waals surface area contributed by atoms with Gasteiger partial charge in [-0.05, 0) is 17.7 Å². The van der Waals surface area contributed by atoms with E-state index in [1.807, 2.05) is 12.1 Å². The molecule has 0 spiro atoms. The second-order valence-electron chi connectivity index (χ2n) is 3.88. The number of benzene rings is 1. The number of nitrogens with zero attached hydrogens (tertiary/aromatic N) is 1. The maximum Gasteiger partial charge on any atom is 0.307 e. The zero-order valence-corrected chi connectivity index (χ0v) is 12.1. The second kappa shape index (κ2) is 7.16. The van der Waals surface area contributed by atoms with Crippen molar-refractivity contribution in [2.75, 3.05) is 20.7 Å². The van der Waals surface area contributed by atoms with Gasteiger partial charge in [0.2, 0.25) is 0 Å². The van der Waals surface area contributed by atoms with Crippen LogP contribution in [0, 0.1) is 0 Å². The van der Waals surface area contributed by atoms with Gasteiger partial charge in [-0.2, -0.15) is 0 Å². The normalized spacial score (nSPS) is 9.94. The van der Waals surface area contributed by atoms with E-state index in [0.717, 1.165) is 10.9 Å². The Morgan fingerprint density at radius 2 is 1.89 bits per heavy atom. The van der Waals surface area contributed by atoms with Gasteiger partial charge in [-0.15, -0.1) is 0 Å². The monoisotopic (exact) mass is 313 g/mol. The molecule has 0 bridgehead atoms. The molecule has 5 heteroatoms. The van der Waals surface area contributed by atoms with Gasteiger partial charge in [0.15, 0.2) is 0 Å². The highest BCUT2D eigenvalue weighted by Crippen LogP contribution is 2.09. The number of carbonyl (C=O) groups is 2. The molecule has 18 heavy (non-hydrogen) atoms. The van der Waals surface area contributed by atoms with E-state index >= 15 is 0 Å². The van der Waals surface area contributed by atoms with Crippen molar-refractivity contribution in [1.29, 1.82) is 0 Å². The van der Waals surface area contributed by atoms with Gasteiger partial charge >= 0.3 is 5.97 Å². The minimum Gasteiger partial charge on any atom is -0.469 e. The van der Waals surface area contributed by atoms with Gasteiger partial charge in [0.25, 0.3) is 5.91 Å². The number of amides is 1. The van der Waals surface area contributed by atoms with E-state index in [1.165, 1.54) is 12.0 Å². The van der Waals surface area contributed by atoms with Crippen molar-refractivity contribution >= 4 is 27.8 Å². The van der Waals surface area contributed by atoms with Gasteiger partial charge in [0.1, 0.15) is 0 Å². The Morgan fingerprint density at radius 3 is 2.39 bits per heavy atom. The Kier molecular flexibility index (Phi) is 5.85. The molecule has 98 valence electrons. The van der Waals surface area contributed by atoms with Crippen molar-refractivity contribution in [1.82, 2.24) is 4.90 Å². The fraction of sp³-hybridized carbons (Fsp3) is 0.385. The molecule has 0 aliphatic rings. The Balaban J connectivity index is 2.59. The number of rotatable bonds is 5. The second-order valence-corrected chi connectivity index (χ2v) is 4.44. The molecule has 0 N–H and O–H groups in total. The summed E-state index contributed by atoms with van der Waals surface area (Å²) in [7, 11) is 3.01. The lowest BCUT2D eigenvalue weighted by Gasteiger charge is -2.16. The van der Waals surface area contributed by atoms with E-state index in [-0.39, 0.29) is 18.3 Å². The standard InChI is InChI=1S/C13H16BrNO3/c1-15(8-7-12(16)18-2)13(17)11-5-3-10(9-14)4-6-11/h3-6H,7-9H2,1-2H3. The summed E-state index contributed by atoms with van der Waals surface area (Å²) in [4.78, 5) is 24.5. The minimum atomic E-state index is -0.315. The molecule has 0 atom stereocenters. The zero-order valence-electron chi connectivity index (χ0n) is 10.5. The highest BCUT2D eigenvalue weighted by atomic mass is 79.9. The first-order chi connectivity index (χ1) is 8.58. The van der Waals surface area contributed by atoms with Crippen molar-refractivity contribution in [2.24, 2.45) is 0 Å². The molecule has 0 saturated heterocycles. The average Bonchev–Trinajstić information content (AvgIpc) is 2.43. The van der Waals surface area contributed by atoms with Crippen molar-refractivity contribution < 1.29 is 14.3 Å². The molecule has 0 aromatic heterocycles. The molecule has 1 rings (SSSR count). The maximum absolute atomic E-state index is 12.0. The highest BCUT2D eigenvalue weighted by Gasteiger charge is 2.12. The number of hydrogen-bond donors (Lipinski definition) is 0. The molecule has 0 aliphatic carbocycles. The van der Waals surface area contributed by atoms with E-state index in [4.69, 9.17) is 0 Å². The first kappa shape index (κ1) is 14.7. The van der Waals surface area contributed by atoms with Crippen LogP contribution >= 0.6 is 15.9 Å². The van der Waals surface area contributed by atoms with Crippen LogP contribution in [0.3, 0.4) is 0 Å². The van der Waals surface area contributed by atoms with Crippen LogP contribution in [-0.4, -0.2) is 37.5 Å². The topological polar surface area (TPSA) is 46.6 Å². The molecule has 1 amide bonds. The Bertz CT molecular complexity index is 417. The molecule has 0 fully saturated rings. The van der Waals surface area contributed by atoms with E-state index in [0.29, 0.717) is 12.1 Å². The fourth-order valence-electron chi connectivity index (χ4n) is 1.42. The summed E-state index contributed by atoms with van der Waals surface area (Å²) in [6.07, 6.45) is 0.207. The van der Waals surface area contributed by atoms with Gasteiger partial charge in [-0.3, -0.25) is 9.59 Å². The van der Waals surface area contributed by atoms with Crippen molar-refractivity contribution in [3.05, 3.63) is 35.4 Å². The van der Waals surface area contributed by atoms with Gasteiger partial charge in [-0.1, -0.05) is 28.1 Å². The summed E-state index contributed by atoms with van der Waals surface area (Å²) in [5.41, 5.74) is 1.73. The molecule has 0 heterocycles. The third-order valence-electron chi connectivity index (χ3n) is 2.58. The van der Waals surface area contributed by atoms with Crippen molar-refractivity contribution in [3.8, 4) is 0 Å². The van der Waals surface area contributed by atoms with Crippen LogP contribution in [0.15, 0.2) is 24.3 Å². The summed E-state index contributed by atoms with van der Waals surface area (Å²) >= 11 is 3.35. The maximum atomic E-state index is 12.0. The van der Waals surface area contributed by atoms with E-state index in [2.05, 4.69) is 20.7 Å². The lowest BCUT2D eigenvalue weighted by molar-refractivity contribution is -0.140. The lowest BCUT2D eigenvalue weighted by Crippen LogP contribution is -2.29. The van der Waals surface area contributed by atoms with Gasteiger partial charge in [0.05, 0.1) is 13.5 Å². The molecule has 1 aromatic rings. The first-order valence-corrected chi connectivity index (χ1v) is 6.67. The molecule has 0 saturated carbocycles. The largest absolute Gasteiger partial charge is 0.469 e. The SMILES string of the molecule is COC(=O)CCN(C)C(=O)c1ccc(CBr)cc1. The van der Waals surface area contributed by atoms with Crippen LogP contribution in [0.25, 0.3) is 0 Å². The number of carbonyl (C=O) groups excluding carboxylic acids is 2. The molecule has 0 unspecified atom stereocenters. The number of ether oxygens (including phenoxy) is 1. The lowest BCUT2D eigenvalue weighted by atomic mass is 10.1. The minimum absolute atomic E-state index is 0.0972. The molecular weight excluding hydrogens is 298 g/mol. The smallest absolute Gasteiger partial charge is 0.307 e. The summed E-state index contributed by atoms with van der Waals surface area (Å²) in [6, 6.07) is 7.37. The molecule has 1 aromatic carbocycles. The number of halogens is 1. The summed E-state index contributed by atoms with van der Waals surface area (Å²) in [5.74, 6) is -0.413. The Labute approximate surface area is 115 Å². The predicted molar refractivity (Wildman–Crippen MR) is 72.7 cm³/mol. The number of methoxy groups -OCH3 is 1. The number of hydrogen-bond acceptors (Lipinski definition) is 3. The molecule has 0 aliphatic heterocycles. The average molecular weight is 314 g/mol. The summed E-state index contributed by atoms with van der Waals surface area (Å²) in [5, 5.41) is 0.764. The fourth-order valence-corrected chi connectivity index (χ4v) is 1.79. The molecule has 4 nitrogen and oxygen atoms in total. The van der Waals surface area contributed by atoms with Crippen LogP contribution in [0.4, 0.5) is 0 Å². The number of esters is 1. The Hall–Kier alpha value is -1.36. The summed E-state index contributed by atoms with van der Waals surface area (Å²) in [6.45, 7) is 0.353. The van der Waals surface area contributed by atoms with Crippen LogP contribution in [0.5, 0.6) is 0 Å². The summed E-state index contributed by atoms with van der Waals surface area (Å²) < 4.78 is 4.53. The predicted octanol–water partition coefficient (Wildman–Crippen LogP) is 2.22. The molecule has 0 radical (unpaired) electrons. The van der Waals surface area contributed by atoms with Crippen LogP contribution in [-0.2, 0) is 14.9 Å². The van der Waals surface area contributed by atoms with Gasteiger partial charge in [-0.25, -0.2) is 0 Å². The van der Waals surface area contributed by atoms with Gasteiger partial charge < -0.3 is 9.64 Å². The van der Waals surface area contributed by atoms with Gasteiger partial charge in [0, 0.05) is 24.5 Å². The molecular formula is C13H16BrNO3. The third kappa shape index (κ3) is 4.14. The van der Waals surface area contributed by atoms with Crippen molar-refractivity contribution in [2.45, 2.75) is 11.8 Å². The highest BCUT2D eigenvalue weighted by molar-refractivity contribution is 9.08. The van der Waals surface area contributed by atoms with E-state index in [9.17, 15) is 9.59 Å². The Morgan fingerprint density at radius 1 is 1.28 bits per heavy atom. The zero-order chi connectivity index (χ0) is 13.5. The van der Waals surface area contributed by atoms with Crippen molar-refractivity contribution in [3.63, 3.8) is 0 Å². The van der Waals surface area contributed by atoms with Crippen LogP contribution < -0.4 is 0 Å².